The molecule has 0 radical (unpaired) electrons. The number of aromatic nitrogens is 3. The molecule has 0 bridgehead atoms. The number of anilines is 1. The Morgan fingerprint density at radius 1 is 1.26 bits per heavy atom. The van der Waals surface area contributed by atoms with E-state index >= 15 is 0 Å². The minimum Gasteiger partial charge on any atom is -0.383 e. The fourth-order valence-corrected chi connectivity index (χ4v) is 3.91. The summed E-state index contributed by atoms with van der Waals surface area (Å²) in [5.74, 6) is 1.80. The van der Waals surface area contributed by atoms with Gasteiger partial charge in [-0.05, 0) is 42.4 Å². The van der Waals surface area contributed by atoms with Gasteiger partial charge in [0.2, 0.25) is 0 Å². The van der Waals surface area contributed by atoms with E-state index in [1.807, 2.05) is 12.3 Å². The van der Waals surface area contributed by atoms with E-state index in [0.717, 1.165) is 20.0 Å². The van der Waals surface area contributed by atoms with Crippen molar-refractivity contribution in [1.82, 2.24) is 15.0 Å². The minimum absolute atomic E-state index is 0.539. The lowest BCUT2D eigenvalue weighted by Crippen LogP contribution is -2.07. The second kappa shape index (κ2) is 5.32. The van der Waals surface area contributed by atoms with Crippen LogP contribution in [0.2, 0.25) is 0 Å². The van der Waals surface area contributed by atoms with Gasteiger partial charge in [-0.15, -0.1) is 11.3 Å². The highest BCUT2D eigenvalue weighted by Gasteiger charge is 2.24. The summed E-state index contributed by atoms with van der Waals surface area (Å²) < 4.78 is 1.02. The van der Waals surface area contributed by atoms with Crippen molar-refractivity contribution in [2.75, 3.05) is 5.73 Å². The van der Waals surface area contributed by atoms with Crippen molar-refractivity contribution in [2.24, 2.45) is 0 Å². The predicted octanol–water partition coefficient (Wildman–Crippen LogP) is 3.75. The Labute approximate surface area is 130 Å². The smallest absolute Gasteiger partial charge is 0.191 e. The first-order valence-electron chi connectivity index (χ1n) is 6.40. The van der Waals surface area contributed by atoms with E-state index in [1.54, 1.807) is 11.3 Å². The molecule has 19 heavy (non-hydrogen) atoms. The monoisotopic (exact) mass is 386 g/mol. The lowest BCUT2D eigenvalue weighted by atomic mass is 10.0. The SMILES string of the molecule is Cc1csc(-c2nc(N)c(I)c(C3CCCC3)n2)n1. The van der Waals surface area contributed by atoms with E-state index in [9.17, 15) is 0 Å². The maximum Gasteiger partial charge on any atom is 0.191 e. The highest BCUT2D eigenvalue weighted by atomic mass is 127. The second-order valence-electron chi connectivity index (χ2n) is 4.91. The molecule has 0 amide bonds. The summed E-state index contributed by atoms with van der Waals surface area (Å²) >= 11 is 3.84. The third-order valence-corrected chi connectivity index (χ3v) is 5.52. The quantitative estimate of drug-likeness (QED) is 0.799. The van der Waals surface area contributed by atoms with Gasteiger partial charge in [0.15, 0.2) is 10.8 Å². The molecule has 6 heteroatoms. The molecule has 4 nitrogen and oxygen atoms in total. The molecule has 0 spiro atoms. The van der Waals surface area contributed by atoms with Gasteiger partial charge in [0.1, 0.15) is 5.82 Å². The highest BCUT2D eigenvalue weighted by Crippen LogP contribution is 2.37. The number of nitrogens with zero attached hydrogens (tertiary/aromatic N) is 3. The van der Waals surface area contributed by atoms with Crippen LogP contribution in [0.3, 0.4) is 0 Å². The first-order valence-corrected chi connectivity index (χ1v) is 8.36. The Balaban J connectivity index is 2.06. The average Bonchev–Trinajstić information content (AvgIpc) is 3.03. The van der Waals surface area contributed by atoms with Crippen molar-refractivity contribution in [3.8, 4) is 10.8 Å². The van der Waals surface area contributed by atoms with Gasteiger partial charge < -0.3 is 5.73 Å². The molecule has 1 aliphatic rings. The van der Waals surface area contributed by atoms with Gasteiger partial charge in [0.05, 0.1) is 9.26 Å². The van der Waals surface area contributed by atoms with Crippen LogP contribution < -0.4 is 5.73 Å². The third-order valence-electron chi connectivity index (χ3n) is 3.45. The summed E-state index contributed by atoms with van der Waals surface area (Å²) in [4.78, 5) is 13.6. The zero-order valence-electron chi connectivity index (χ0n) is 10.7. The van der Waals surface area contributed by atoms with Gasteiger partial charge in [0.25, 0.3) is 0 Å². The van der Waals surface area contributed by atoms with E-state index in [4.69, 9.17) is 10.7 Å². The number of hydrogen-bond donors (Lipinski definition) is 1. The molecule has 0 aliphatic heterocycles. The lowest BCUT2D eigenvalue weighted by Gasteiger charge is -2.13. The Hall–Kier alpha value is -0.760. The van der Waals surface area contributed by atoms with E-state index in [2.05, 4.69) is 32.6 Å². The van der Waals surface area contributed by atoms with E-state index < -0.39 is 0 Å². The fourth-order valence-electron chi connectivity index (χ4n) is 2.50. The van der Waals surface area contributed by atoms with Crippen LogP contribution >= 0.6 is 33.9 Å². The van der Waals surface area contributed by atoms with Crippen molar-refractivity contribution < 1.29 is 0 Å². The molecule has 0 atom stereocenters. The van der Waals surface area contributed by atoms with Crippen LogP contribution in [-0.4, -0.2) is 15.0 Å². The van der Waals surface area contributed by atoms with Crippen molar-refractivity contribution in [1.29, 1.82) is 0 Å². The molecule has 2 heterocycles. The standard InChI is InChI=1S/C13H15IN4S/c1-7-6-19-13(16-7)12-17-10(8-4-2-3-5-8)9(14)11(15)18-12/h6,8H,2-5H2,1H3,(H2,15,17,18). The molecule has 2 aromatic rings. The number of halogens is 1. The van der Waals surface area contributed by atoms with Crippen LogP contribution in [0.1, 0.15) is 43.0 Å². The van der Waals surface area contributed by atoms with E-state index in [1.165, 1.54) is 25.7 Å². The molecule has 2 aromatic heterocycles. The van der Waals surface area contributed by atoms with Gasteiger partial charge in [-0.2, -0.15) is 0 Å². The molecule has 1 saturated carbocycles. The highest BCUT2D eigenvalue weighted by molar-refractivity contribution is 14.1. The number of rotatable bonds is 2. The largest absolute Gasteiger partial charge is 0.383 e. The fraction of sp³-hybridized carbons (Fsp3) is 0.462. The molecule has 3 rings (SSSR count). The summed E-state index contributed by atoms with van der Waals surface area (Å²) in [6.45, 7) is 1.98. The van der Waals surface area contributed by atoms with Crippen molar-refractivity contribution in [3.63, 3.8) is 0 Å². The normalized spacial score (nSPS) is 16.1. The van der Waals surface area contributed by atoms with Crippen LogP contribution in [0.25, 0.3) is 10.8 Å². The zero-order chi connectivity index (χ0) is 13.4. The van der Waals surface area contributed by atoms with Crippen molar-refractivity contribution in [3.05, 3.63) is 20.3 Å². The van der Waals surface area contributed by atoms with Crippen LogP contribution in [0.15, 0.2) is 5.38 Å². The second-order valence-corrected chi connectivity index (χ2v) is 6.84. The predicted molar refractivity (Wildman–Crippen MR) is 86.2 cm³/mol. The van der Waals surface area contributed by atoms with Gasteiger partial charge in [-0.1, -0.05) is 12.8 Å². The number of hydrogen-bond acceptors (Lipinski definition) is 5. The van der Waals surface area contributed by atoms with E-state index in [-0.39, 0.29) is 0 Å². The molecule has 1 aliphatic carbocycles. The Morgan fingerprint density at radius 2 is 2.00 bits per heavy atom. The molecular formula is C13H15IN4S. The molecule has 1 fully saturated rings. The molecular weight excluding hydrogens is 371 g/mol. The van der Waals surface area contributed by atoms with Crippen LogP contribution in [-0.2, 0) is 0 Å². The number of nitrogen functional groups attached to an aromatic ring is 1. The third kappa shape index (κ3) is 2.60. The molecule has 0 aromatic carbocycles. The molecule has 0 saturated heterocycles. The minimum atomic E-state index is 0.539. The molecule has 0 unspecified atom stereocenters. The first-order chi connectivity index (χ1) is 9.15. The van der Waals surface area contributed by atoms with Crippen molar-refractivity contribution >= 4 is 39.7 Å². The van der Waals surface area contributed by atoms with Gasteiger partial charge in [0, 0.05) is 17.0 Å². The summed E-state index contributed by atoms with van der Waals surface area (Å²) in [5.41, 5.74) is 8.17. The molecule has 100 valence electrons. The lowest BCUT2D eigenvalue weighted by molar-refractivity contribution is 0.691. The number of aryl methyl sites for hydroxylation is 1. The summed E-state index contributed by atoms with van der Waals surface area (Å²) in [5, 5.41) is 2.88. The zero-order valence-corrected chi connectivity index (χ0v) is 13.7. The summed E-state index contributed by atoms with van der Waals surface area (Å²) in [6.07, 6.45) is 5.00. The van der Waals surface area contributed by atoms with Gasteiger partial charge in [-0.25, -0.2) is 15.0 Å². The van der Waals surface area contributed by atoms with Gasteiger partial charge >= 0.3 is 0 Å². The van der Waals surface area contributed by atoms with Gasteiger partial charge in [-0.3, -0.25) is 0 Å². The first kappa shape index (κ1) is 13.2. The van der Waals surface area contributed by atoms with Crippen LogP contribution in [0, 0.1) is 10.5 Å². The maximum atomic E-state index is 6.05. The summed E-state index contributed by atoms with van der Waals surface area (Å²) in [6, 6.07) is 0. The Morgan fingerprint density at radius 3 is 2.63 bits per heavy atom. The Kier molecular flexibility index (Phi) is 3.70. The number of nitrogens with two attached hydrogens (primary N) is 1. The Bertz CT molecular complexity index is 605. The topological polar surface area (TPSA) is 64.7 Å². The number of thiazole rings is 1. The van der Waals surface area contributed by atoms with Crippen molar-refractivity contribution in [2.45, 2.75) is 38.5 Å². The summed E-state index contributed by atoms with van der Waals surface area (Å²) in [7, 11) is 0. The average molecular weight is 386 g/mol. The maximum absolute atomic E-state index is 6.05. The molecule has 2 N–H and O–H groups in total. The van der Waals surface area contributed by atoms with Crippen LogP contribution in [0.4, 0.5) is 5.82 Å². The van der Waals surface area contributed by atoms with Crippen LogP contribution in [0.5, 0.6) is 0 Å². The van der Waals surface area contributed by atoms with E-state index in [0.29, 0.717) is 17.6 Å².